The van der Waals surface area contributed by atoms with Crippen molar-refractivity contribution in [3.63, 3.8) is 0 Å². The Hall–Kier alpha value is -0.960. The van der Waals surface area contributed by atoms with Gasteiger partial charge in [0, 0.05) is 11.6 Å². The number of benzene rings is 1. The van der Waals surface area contributed by atoms with Gasteiger partial charge in [-0.05, 0) is 32.0 Å². The summed E-state index contributed by atoms with van der Waals surface area (Å²) in [6.45, 7) is 3.72. The van der Waals surface area contributed by atoms with Gasteiger partial charge < -0.3 is 5.32 Å². The molecular formula is C13H19F2N. The van der Waals surface area contributed by atoms with Crippen LogP contribution in [0.2, 0.25) is 0 Å². The molecule has 0 fully saturated rings. The lowest BCUT2D eigenvalue weighted by Crippen LogP contribution is -2.19. The van der Waals surface area contributed by atoms with Gasteiger partial charge in [-0.2, -0.15) is 0 Å². The number of nitrogens with one attached hydrogen (secondary N) is 1. The van der Waals surface area contributed by atoms with E-state index in [-0.39, 0.29) is 11.6 Å². The SMILES string of the molecule is CCCCC(NC)c1c(F)ccc(C)c1F. The van der Waals surface area contributed by atoms with Crippen LogP contribution in [0.4, 0.5) is 8.78 Å². The van der Waals surface area contributed by atoms with E-state index in [0.717, 1.165) is 19.3 Å². The molecule has 0 amide bonds. The van der Waals surface area contributed by atoms with Crippen LogP contribution in [0.25, 0.3) is 0 Å². The highest BCUT2D eigenvalue weighted by Gasteiger charge is 2.19. The van der Waals surface area contributed by atoms with E-state index in [0.29, 0.717) is 5.56 Å². The van der Waals surface area contributed by atoms with Crippen LogP contribution in [0.15, 0.2) is 12.1 Å². The summed E-state index contributed by atoms with van der Waals surface area (Å²) < 4.78 is 27.5. The first-order valence-electron chi connectivity index (χ1n) is 5.73. The first-order chi connectivity index (χ1) is 7.61. The summed E-state index contributed by atoms with van der Waals surface area (Å²) in [5.41, 5.74) is 0.670. The Bertz CT molecular complexity index is 350. The van der Waals surface area contributed by atoms with Crippen LogP contribution >= 0.6 is 0 Å². The molecule has 0 spiro atoms. The molecule has 0 saturated carbocycles. The monoisotopic (exact) mass is 227 g/mol. The molecule has 1 aromatic rings. The van der Waals surface area contributed by atoms with E-state index in [4.69, 9.17) is 0 Å². The summed E-state index contributed by atoms with van der Waals surface area (Å²) in [7, 11) is 1.74. The van der Waals surface area contributed by atoms with Crippen LogP contribution in [-0.4, -0.2) is 7.05 Å². The highest BCUT2D eigenvalue weighted by molar-refractivity contribution is 5.29. The smallest absolute Gasteiger partial charge is 0.133 e. The zero-order valence-electron chi connectivity index (χ0n) is 10.1. The van der Waals surface area contributed by atoms with Crippen LogP contribution in [0.5, 0.6) is 0 Å². The maximum atomic E-state index is 13.8. The molecule has 1 atom stereocenters. The fourth-order valence-corrected chi connectivity index (χ4v) is 1.84. The van der Waals surface area contributed by atoms with Crippen LogP contribution in [0.1, 0.15) is 43.4 Å². The molecule has 0 aliphatic carbocycles. The normalized spacial score (nSPS) is 12.8. The average Bonchev–Trinajstić information content (AvgIpc) is 2.28. The quantitative estimate of drug-likeness (QED) is 0.808. The van der Waals surface area contributed by atoms with Crippen molar-refractivity contribution in [2.24, 2.45) is 0 Å². The molecule has 0 bridgehead atoms. The summed E-state index contributed by atoms with van der Waals surface area (Å²) in [5, 5.41) is 2.98. The van der Waals surface area contributed by atoms with Gasteiger partial charge in [-0.3, -0.25) is 0 Å². The molecule has 0 saturated heterocycles. The number of hydrogen-bond donors (Lipinski definition) is 1. The Labute approximate surface area is 95.9 Å². The van der Waals surface area contributed by atoms with E-state index >= 15 is 0 Å². The summed E-state index contributed by atoms with van der Waals surface area (Å²) in [6, 6.07) is 2.57. The minimum Gasteiger partial charge on any atom is -0.313 e. The van der Waals surface area contributed by atoms with Crippen molar-refractivity contribution >= 4 is 0 Å². The molecule has 90 valence electrons. The zero-order chi connectivity index (χ0) is 12.1. The highest BCUT2D eigenvalue weighted by atomic mass is 19.1. The van der Waals surface area contributed by atoms with Crippen molar-refractivity contribution in [3.05, 3.63) is 34.9 Å². The molecule has 1 N–H and O–H groups in total. The third kappa shape index (κ3) is 2.79. The lowest BCUT2D eigenvalue weighted by Gasteiger charge is -2.18. The third-order valence-electron chi connectivity index (χ3n) is 2.86. The minimum absolute atomic E-state index is 0.177. The Morgan fingerprint density at radius 2 is 2.00 bits per heavy atom. The van der Waals surface area contributed by atoms with Crippen molar-refractivity contribution in [2.75, 3.05) is 7.05 Å². The molecule has 3 heteroatoms. The standard InChI is InChI=1S/C13H19F2N/c1-4-5-6-11(16-3)12-10(14)8-7-9(2)13(12)15/h7-8,11,16H,4-6H2,1-3H3. The Morgan fingerprint density at radius 3 is 2.56 bits per heavy atom. The predicted octanol–water partition coefficient (Wildman–Crippen LogP) is 3.72. The van der Waals surface area contributed by atoms with Crippen LogP contribution in [-0.2, 0) is 0 Å². The largest absolute Gasteiger partial charge is 0.313 e. The van der Waals surface area contributed by atoms with Gasteiger partial charge in [0.2, 0.25) is 0 Å². The average molecular weight is 227 g/mol. The van der Waals surface area contributed by atoms with E-state index in [2.05, 4.69) is 12.2 Å². The summed E-state index contributed by atoms with van der Waals surface area (Å²) in [6.07, 6.45) is 2.73. The van der Waals surface area contributed by atoms with Gasteiger partial charge in [-0.1, -0.05) is 25.8 Å². The number of hydrogen-bond acceptors (Lipinski definition) is 1. The van der Waals surface area contributed by atoms with Crippen molar-refractivity contribution in [2.45, 2.75) is 39.2 Å². The van der Waals surface area contributed by atoms with Gasteiger partial charge in [0.05, 0.1) is 0 Å². The summed E-state index contributed by atoms with van der Waals surface area (Å²) >= 11 is 0. The van der Waals surface area contributed by atoms with Crippen LogP contribution in [0.3, 0.4) is 0 Å². The molecule has 0 aromatic heterocycles. The lowest BCUT2D eigenvalue weighted by atomic mass is 9.98. The molecule has 0 radical (unpaired) electrons. The molecule has 16 heavy (non-hydrogen) atoms. The highest BCUT2D eigenvalue weighted by Crippen LogP contribution is 2.26. The first kappa shape index (κ1) is 13.1. The van der Waals surface area contributed by atoms with Gasteiger partial charge in [0.25, 0.3) is 0 Å². The Kier molecular flexibility index (Phi) is 4.87. The minimum atomic E-state index is -0.460. The number of unbranched alkanes of at least 4 members (excludes halogenated alkanes) is 1. The molecular weight excluding hydrogens is 208 g/mol. The molecule has 1 unspecified atom stereocenters. The molecule has 1 rings (SSSR count). The van der Waals surface area contributed by atoms with Crippen molar-refractivity contribution < 1.29 is 8.78 Å². The second-order valence-corrected chi connectivity index (χ2v) is 4.08. The lowest BCUT2D eigenvalue weighted by molar-refractivity contribution is 0.458. The first-order valence-corrected chi connectivity index (χ1v) is 5.73. The van der Waals surface area contributed by atoms with E-state index in [9.17, 15) is 8.78 Å². The van der Waals surface area contributed by atoms with Gasteiger partial charge in [-0.15, -0.1) is 0 Å². The van der Waals surface area contributed by atoms with Crippen molar-refractivity contribution in [1.29, 1.82) is 0 Å². The van der Waals surface area contributed by atoms with Crippen molar-refractivity contribution in [1.82, 2.24) is 5.32 Å². The van der Waals surface area contributed by atoms with Crippen LogP contribution < -0.4 is 5.32 Å². The second-order valence-electron chi connectivity index (χ2n) is 4.08. The van der Waals surface area contributed by atoms with Crippen LogP contribution in [0, 0.1) is 18.6 Å². The van der Waals surface area contributed by atoms with Gasteiger partial charge in [0.15, 0.2) is 0 Å². The maximum absolute atomic E-state index is 13.8. The van der Waals surface area contributed by atoms with E-state index in [1.54, 1.807) is 14.0 Å². The molecule has 1 aromatic carbocycles. The fourth-order valence-electron chi connectivity index (χ4n) is 1.84. The summed E-state index contributed by atoms with van der Waals surface area (Å²) in [4.78, 5) is 0. The number of halogens is 2. The molecule has 0 heterocycles. The van der Waals surface area contributed by atoms with E-state index < -0.39 is 11.6 Å². The second kappa shape index (κ2) is 5.94. The zero-order valence-corrected chi connectivity index (χ0v) is 10.1. The predicted molar refractivity (Wildman–Crippen MR) is 62.4 cm³/mol. The number of aryl methyl sites for hydroxylation is 1. The molecule has 0 aliphatic heterocycles. The Morgan fingerprint density at radius 1 is 1.31 bits per heavy atom. The van der Waals surface area contributed by atoms with Crippen molar-refractivity contribution in [3.8, 4) is 0 Å². The van der Waals surface area contributed by atoms with Gasteiger partial charge in [0.1, 0.15) is 11.6 Å². The maximum Gasteiger partial charge on any atom is 0.133 e. The Balaban J connectivity index is 3.03. The van der Waals surface area contributed by atoms with E-state index in [1.165, 1.54) is 12.1 Å². The topological polar surface area (TPSA) is 12.0 Å². The molecule has 1 nitrogen and oxygen atoms in total. The third-order valence-corrected chi connectivity index (χ3v) is 2.86. The summed E-state index contributed by atoms with van der Waals surface area (Å²) in [5.74, 6) is -0.881. The fraction of sp³-hybridized carbons (Fsp3) is 0.538. The number of rotatable bonds is 5. The van der Waals surface area contributed by atoms with Gasteiger partial charge in [-0.25, -0.2) is 8.78 Å². The van der Waals surface area contributed by atoms with Gasteiger partial charge >= 0.3 is 0 Å². The van der Waals surface area contributed by atoms with E-state index in [1.807, 2.05) is 0 Å². The molecule has 0 aliphatic rings.